The van der Waals surface area contributed by atoms with Crippen LogP contribution < -0.4 is 4.58 Å². The van der Waals surface area contributed by atoms with Gasteiger partial charge in [0.05, 0.1) is 0 Å². The average molecular weight is 703 g/mol. The van der Waals surface area contributed by atoms with Crippen molar-refractivity contribution in [2.45, 2.75) is 20.8 Å². The van der Waals surface area contributed by atoms with Crippen molar-refractivity contribution in [3.8, 4) is 11.3 Å². The van der Waals surface area contributed by atoms with Crippen LogP contribution >= 0.6 is 11.3 Å². The molecular formula is C33H26IrN4S. The fraction of sp³-hybridized carbons (Fsp3) is 0.121. The van der Waals surface area contributed by atoms with Crippen LogP contribution in [0.25, 0.3) is 31.6 Å². The maximum absolute atomic E-state index is 4.46. The van der Waals surface area contributed by atoms with Gasteiger partial charge >= 0.3 is 6.01 Å². The van der Waals surface area contributed by atoms with Crippen LogP contribution in [0.15, 0.2) is 85.2 Å². The molecule has 0 spiro atoms. The third-order valence-corrected chi connectivity index (χ3v) is 7.83. The summed E-state index contributed by atoms with van der Waals surface area (Å²) >= 11 is 1.72. The predicted octanol–water partition coefficient (Wildman–Crippen LogP) is 8.02. The zero-order chi connectivity index (χ0) is 26.2. The van der Waals surface area contributed by atoms with Crippen molar-refractivity contribution in [1.29, 1.82) is 0 Å². The maximum Gasteiger partial charge on any atom is 0.494 e. The molecule has 39 heavy (non-hydrogen) atoms. The number of para-hydroxylation sites is 2. The van der Waals surface area contributed by atoms with E-state index < -0.39 is 0 Å². The normalized spacial score (nSPS) is 11.8. The van der Waals surface area contributed by atoms with E-state index in [1.807, 2.05) is 42.2 Å². The molecule has 0 unspecified atom stereocenters. The number of fused-ring (bicyclic) bond motifs is 4. The second kappa shape index (κ2) is 11.1. The van der Waals surface area contributed by atoms with Gasteiger partial charge in [0.1, 0.15) is 10.5 Å². The summed E-state index contributed by atoms with van der Waals surface area (Å²) < 4.78 is 5.30. The molecule has 1 aliphatic rings. The van der Waals surface area contributed by atoms with Gasteiger partial charge in [0, 0.05) is 44.6 Å². The van der Waals surface area contributed by atoms with E-state index in [1.54, 1.807) is 11.3 Å². The molecule has 0 fully saturated rings. The van der Waals surface area contributed by atoms with Gasteiger partial charge in [0.2, 0.25) is 0 Å². The number of nitrogens with zero attached hydrogens (tertiary/aromatic N) is 4. The Morgan fingerprint density at radius 1 is 0.821 bits per heavy atom. The summed E-state index contributed by atoms with van der Waals surface area (Å²) in [6, 6.07) is 34.9. The molecule has 4 heterocycles. The third-order valence-electron chi connectivity index (χ3n) is 6.76. The quantitative estimate of drug-likeness (QED) is 0.135. The molecule has 193 valence electrons. The molecular weight excluding hydrogens is 677 g/mol. The summed E-state index contributed by atoms with van der Waals surface area (Å²) in [6.07, 6.45) is 3.76. The predicted molar refractivity (Wildman–Crippen MR) is 157 cm³/mol. The monoisotopic (exact) mass is 703 g/mol. The number of aryl methyl sites for hydroxylation is 3. The Morgan fingerprint density at radius 2 is 1.64 bits per heavy atom. The van der Waals surface area contributed by atoms with E-state index in [4.69, 9.17) is 0 Å². The Hall–Kier alpha value is -3.79. The molecule has 0 aliphatic carbocycles. The van der Waals surface area contributed by atoms with Crippen LogP contribution in [0.4, 0.5) is 17.1 Å². The van der Waals surface area contributed by atoms with Crippen LogP contribution in [-0.4, -0.2) is 27.6 Å². The summed E-state index contributed by atoms with van der Waals surface area (Å²) in [4.78, 5) is 9.94. The molecule has 7 rings (SSSR count). The second-order valence-corrected chi connectivity index (χ2v) is 10.5. The summed E-state index contributed by atoms with van der Waals surface area (Å²) in [5.41, 5.74) is 9.06. The average Bonchev–Trinajstić information content (AvgIpc) is 3.48. The summed E-state index contributed by atoms with van der Waals surface area (Å²) in [6.45, 7) is 6.24. The molecule has 0 atom stereocenters. The minimum absolute atomic E-state index is 0. The number of hydrogen-bond donors (Lipinski definition) is 0. The standard InChI is InChI=1S/C19H12N3S.C14H14N.Ir/c1-21-12-22(17-7-3-2-6-16(17)21)13-8-9-14-15-5-4-10-20-19(15)23-18(14)11-13;1-10-4-6-13(7-5-10)14-8-11(2)12(3)9-15-14;/h2-7,9-11H,1H3;4-6,8-9H,1-3H3;/q+1;-1;. The largest absolute Gasteiger partial charge is 0.494 e. The first-order chi connectivity index (χ1) is 18.5. The van der Waals surface area contributed by atoms with Gasteiger partial charge in [-0.3, -0.25) is 0 Å². The molecule has 0 bridgehead atoms. The van der Waals surface area contributed by atoms with Crippen LogP contribution in [0.5, 0.6) is 0 Å². The summed E-state index contributed by atoms with van der Waals surface area (Å²) in [5.74, 6) is 0. The minimum Gasteiger partial charge on any atom is -0.304 e. The zero-order valence-electron chi connectivity index (χ0n) is 22.1. The zero-order valence-corrected chi connectivity index (χ0v) is 25.3. The second-order valence-electron chi connectivity index (χ2n) is 9.47. The summed E-state index contributed by atoms with van der Waals surface area (Å²) in [5, 5.41) is 2.41. The van der Waals surface area contributed by atoms with Crippen molar-refractivity contribution in [3.63, 3.8) is 0 Å². The third kappa shape index (κ3) is 5.25. The van der Waals surface area contributed by atoms with Crippen LogP contribution in [0, 0.1) is 32.9 Å². The van der Waals surface area contributed by atoms with Crippen LogP contribution in [-0.2, 0) is 20.1 Å². The molecule has 6 heteroatoms. The fourth-order valence-corrected chi connectivity index (χ4v) is 5.54. The molecule has 0 amide bonds. The van der Waals surface area contributed by atoms with Crippen molar-refractivity contribution in [1.82, 2.24) is 14.5 Å². The van der Waals surface area contributed by atoms with Crippen LogP contribution in [0.3, 0.4) is 0 Å². The Bertz CT molecular complexity index is 1900. The molecule has 1 radical (unpaired) electrons. The van der Waals surface area contributed by atoms with E-state index in [-0.39, 0.29) is 20.1 Å². The Morgan fingerprint density at radius 3 is 2.41 bits per heavy atom. The molecule has 6 aromatic rings. The van der Waals surface area contributed by atoms with Crippen molar-refractivity contribution in [2.75, 3.05) is 7.05 Å². The fourth-order valence-electron chi connectivity index (χ4n) is 4.48. The molecule has 3 aromatic heterocycles. The van der Waals surface area contributed by atoms with E-state index >= 15 is 0 Å². The van der Waals surface area contributed by atoms with Crippen molar-refractivity contribution in [2.24, 2.45) is 0 Å². The van der Waals surface area contributed by atoms with Gasteiger partial charge < -0.3 is 4.98 Å². The summed E-state index contributed by atoms with van der Waals surface area (Å²) in [7, 11) is 2.01. The van der Waals surface area contributed by atoms with Crippen LogP contribution in [0.1, 0.15) is 16.7 Å². The number of hydrogen-bond acceptors (Lipinski definition) is 3. The van der Waals surface area contributed by atoms with Gasteiger partial charge in [-0.25, -0.2) is 4.98 Å². The molecule has 0 N–H and O–H groups in total. The molecule has 0 saturated heterocycles. The van der Waals surface area contributed by atoms with Crippen molar-refractivity contribution in [3.05, 3.63) is 114 Å². The van der Waals surface area contributed by atoms with E-state index in [0.29, 0.717) is 0 Å². The van der Waals surface area contributed by atoms with Gasteiger partial charge in [0.25, 0.3) is 11.4 Å². The maximum atomic E-state index is 4.46. The SMILES string of the molecule is C[N+]1=C=[N+](c2[c-]cc3c(c2)sc2ncccc23)c2ccccc21.Cc1c[c-]c(-c2cc(C)c(C)cn2)cc1.[Ir]. The molecule has 4 nitrogen and oxygen atoms in total. The van der Waals surface area contributed by atoms with E-state index in [0.717, 1.165) is 33.1 Å². The Kier molecular flexibility index (Phi) is 7.65. The number of rotatable bonds is 2. The first-order valence-corrected chi connectivity index (χ1v) is 13.3. The van der Waals surface area contributed by atoms with E-state index in [2.05, 4.69) is 108 Å². The van der Waals surface area contributed by atoms with Crippen molar-refractivity contribution < 1.29 is 24.7 Å². The number of benzene rings is 3. The van der Waals surface area contributed by atoms with E-state index in [9.17, 15) is 0 Å². The van der Waals surface area contributed by atoms with E-state index in [1.165, 1.54) is 32.2 Å². The first-order valence-electron chi connectivity index (χ1n) is 12.5. The number of thiophene rings is 1. The smallest absolute Gasteiger partial charge is 0.304 e. The van der Waals surface area contributed by atoms with Crippen LogP contribution in [0.2, 0.25) is 0 Å². The first kappa shape index (κ1) is 26.8. The molecule has 0 saturated carbocycles. The van der Waals surface area contributed by atoms with Crippen molar-refractivity contribution >= 4 is 54.7 Å². The number of pyridine rings is 2. The van der Waals surface area contributed by atoms with Gasteiger partial charge in [-0.1, -0.05) is 56.7 Å². The topological polar surface area (TPSA) is 31.8 Å². The molecule has 1 aliphatic heterocycles. The molecule has 3 aromatic carbocycles. The van der Waals surface area contributed by atoms with Gasteiger partial charge in [0.15, 0.2) is 7.05 Å². The Balaban J connectivity index is 0.000000169. The Labute approximate surface area is 246 Å². The van der Waals surface area contributed by atoms with Gasteiger partial charge in [-0.15, -0.1) is 58.2 Å². The number of aromatic nitrogens is 2. The van der Waals surface area contributed by atoms with Gasteiger partial charge in [-0.2, -0.15) is 6.07 Å². The minimum atomic E-state index is 0. The van der Waals surface area contributed by atoms with Gasteiger partial charge in [-0.05, 0) is 36.6 Å².